The zero-order valence-corrected chi connectivity index (χ0v) is 10.3. The predicted octanol–water partition coefficient (Wildman–Crippen LogP) is 2.15. The van der Waals surface area contributed by atoms with E-state index in [1.54, 1.807) is 25.1 Å². The Morgan fingerprint density at radius 1 is 1.56 bits per heavy atom. The van der Waals surface area contributed by atoms with Crippen molar-refractivity contribution in [1.82, 2.24) is 10.1 Å². The molecule has 1 heterocycles. The van der Waals surface area contributed by atoms with Gasteiger partial charge in [-0.1, -0.05) is 11.6 Å². The molecular weight excluding hydrogens is 258 g/mol. The molecule has 0 unspecified atom stereocenters. The summed E-state index contributed by atoms with van der Waals surface area (Å²) in [5.74, 6) is -0.673. The third kappa shape index (κ3) is 2.43. The van der Waals surface area contributed by atoms with Crippen molar-refractivity contribution in [3.8, 4) is 11.5 Å². The highest BCUT2D eigenvalue weighted by atomic mass is 35.5. The summed E-state index contributed by atoms with van der Waals surface area (Å²) in [6.07, 6.45) is 0. The predicted molar refractivity (Wildman–Crippen MR) is 65.1 cm³/mol. The SMILES string of the molecule is CCOC(=O)c1noc(-c2cc(N)ccc2Cl)n1. The van der Waals surface area contributed by atoms with Crippen molar-refractivity contribution in [3.63, 3.8) is 0 Å². The number of nitrogens with zero attached hydrogens (tertiary/aromatic N) is 2. The Labute approximate surface area is 108 Å². The van der Waals surface area contributed by atoms with Crippen molar-refractivity contribution in [2.45, 2.75) is 6.92 Å². The molecular formula is C11H10ClN3O3. The number of nitrogens with two attached hydrogens (primary N) is 1. The van der Waals surface area contributed by atoms with Gasteiger partial charge in [0.25, 0.3) is 11.7 Å². The van der Waals surface area contributed by atoms with Gasteiger partial charge in [0.15, 0.2) is 0 Å². The Morgan fingerprint density at radius 3 is 3.06 bits per heavy atom. The monoisotopic (exact) mass is 267 g/mol. The number of hydrogen-bond donors (Lipinski definition) is 1. The fourth-order valence-corrected chi connectivity index (χ4v) is 1.52. The standard InChI is InChI=1S/C11H10ClN3O3/c1-2-17-11(16)9-14-10(18-15-9)7-5-6(13)3-4-8(7)12/h3-5H,2,13H2,1H3. The van der Waals surface area contributed by atoms with Gasteiger partial charge < -0.3 is 15.0 Å². The van der Waals surface area contributed by atoms with E-state index in [0.717, 1.165) is 0 Å². The summed E-state index contributed by atoms with van der Waals surface area (Å²) >= 11 is 5.98. The van der Waals surface area contributed by atoms with Crippen molar-refractivity contribution < 1.29 is 14.1 Å². The smallest absolute Gasteiger partial charge is 0.379 e. The van der Waals surface area contributed by atoms with E-state index in [2.05, 4.69) is 10.1 Å². The minimum atomic E-state index is -0.646. The van der Waals surface area contributed by atoms with Gasteiger partial charge in [-0.25, -0.2) is 4.79 Å². The quantitative estimate of drug-likeness (QED) is 0.677. The summed E-state index contributed by atoms with van der Waals surface area (Å²) in [5.41, 5.74) is 6.62. The highest BCUT2D eigenvalue weighted by Gasteiger charge is 2.18. The third-order valence-electron chi connectivity index (χ3n) is 2.10. The molecule has 2 aromatic rings. The number of ether oxygens (including phenoxy) is 1. The van der Waals surface area contributed by atoms with Crippen LogP contribution in [0.4, 0.5) is 5.69 Å². The van der Waals surface area contributed by atoms with Crippen LogP contribution in [0.25, 0.3) is 11.5 Å². The minimum Gasteiger partial charge on any atom is -0.460 e. The van der Waals surface area contributed by atoms with E-state index < -0.39 is 5.97 Å². The van der Waals surface area contributed by atoms with Gasteiger partial charge in [-0.05, 0) is 30.3 Å². The first kappa shape index (κ1) is 12.4. The molecule has 0 saturated heterocycles. The fourth-order valence-electron chi connectivity index (χ4n) is 1.32. The largest absolute Gasteiger partial charge is 0.460 e. The maximum atomic E-state index is 11.4. The van der Waals surface area contributed by atoms with Gasteiger partial charge >= 0.3 is 5.97 Å². The summed E-state index contributed by atoms with van der Waals surface area (Å²) in [7, 11) is 0. The molecule has 1 aromatic heterocycles. The second-order valence-electron chi connectivity index (χ2n) is 3.38. The first-order valence-corrected chi connectivity index (χ1v) is 5.56. The Kier molecular flexibility index (Phi) is 3.47. The molecule has 0 aliphatic heterocycles. The lowest BCUT2D eigenvalue weighted by atomic mass is 10.2. The zero-order valence-electron chi connectivity index (χ0n) is 9.51. The highest BCUT2D eigenvalue weighted by molar-refractivity contribution is 6.33. The molecule has 1 aromatic carbocycles. The van der Waals surface area contributed by atoms with Crippen LogP contribution in [0.2, 0.25) is 5.02 Å². The lowest BCUT2D eigenvalue weighted by molar-refractivity contribution is 0.0508. The van der Waals surface area contributed by atoms with Gasteiger partial charge in [0.05, 0.1) is 17.2 Å². The molecule has 0 spiro atoms. The van der Waals surface area contributed by atoms with Crippen molar-refractivity contribution in [1.29, 1.82) is 0 Å². The molecule has 18 heavy (non-hydrogen) atoms. The van der Waals surface area contributed by atoms with Gasteiger partial charge in [-0.2, -0.15) is 4.98 Å². The van der Waals surface area contributed by atoms with Crippen molar-refractivity contribution in [3.05, 3.63) is 29.0 Å². The van der Waals surface area contributed by atoms with Gasteiger partial charge in [0.2, 0.25) is 0 Å². The molecule has 0 saturated carbocycles. The van der Waals surface area contributed by atoms with Crippen LogP contribution in [0.3, 0.4) is 0 Å². The first-order valence-electron chi connectivity index (χ1n) is 5.18. The number of halogens is 1. The Hall–Kier alpha value is -2.08. The summed E-state index contributed by atoms with van der Waals surface area (Å²) in [5, 5.41) is 3.93. The molecule has 0 fully saturated rings. The molecule has 0 radical (unpaired) electrons. The van der Waals surface area contributed by atoms with Crippen LogP contribution < -0.4 is 5.73 Å². The maximum absolute atomic E-state index is 11.4. The Morgan fingerprint density at radius 2 is 2.33 bits per heavy atom. The van der Waals surface area contributed by atoms with Crippen LogP contribution in [-0.4, -0.2) is 22.7 Å². The number of rotatable bonds is 3. The number of nitrogen functional groups attached to an aromatic ring is 1. The lowest BCUT2D eigenvalue weighted by Crippen LogP contribution is -2.06. The average Bonchev–Trinajstić information content (AvgIpc) is 2.82. The second kappa shape index (κ2) is 5.05. The van der Waals surface area contributed by atoms with E-state index in [4.69, 9.17) is 26.6 Å². The summed E-state index contributed by atoms with van der Waals surface area (Å²) in [6, 6.07) is 4.85. The van der Waals surface area contributed by atoms with Crippen LogP contribution in [0.1, 0.15) is 17.5 Å². The molecule has 0 aliphatic rings. The maximum Gasteiger partial charge on any atom is 0.379 e. The summed E-state index contributed by atoms with van der Waals surface area (Å²) < 4.78 is 9.70. The average molecular weight is 268 g/mol. The summed E-state index contributed by atoms with van der Waals surface area (Å²) in [6.45, 7) is 1.93. The topological polar surface area (TPSA) is 91.2 Å². The van der Waals surface area contributed by atoms with E-state index in [1.165, 1.54) is 0 Å². The van der Waals surface area contributed by atoms with Gasteiger partial charge in [-0.3, -0.25) is 0 Å². The molecule has 0 amide bonds. The molecule has 6 nitrogen and oxygen atoms in total. The number of anilines is 1. The molecule has 0 atom stereocenters. The number of carbonyl (C=O) groups excluding carboxylic acids is 1. The van der Waals surface area contributed by atoms with Gasteiger partial charge in [0, 0.05) is 5.69 Å². The third-order valence-corrected chi connectivity index (χ3v) is 2.43. The minimum absolute atomic E-state index is 0.121. The molecule has 94 valence electrons. The van der Waals surface area contributed by atoms with E-state index in [9.17, 15) is 4.79 Å². The number of carbonyl (C=O) groups is 1. The van der Waals surface area contributed by atoms with Crippen LogP contribution >= 0.6 is 11.6 Å². The first-order chi connectivity index (χ1) is 8.61. The molecule has 0 aliphatic carbocycles. The lowest BCUT2D eigenvalue weighted by Gasteiger charge is -1.99. The van der Waals surface area contributed by atoms with E-state index in [-0.39, 0.29) is 18.3 Å². The van der Waals surface area contributed by atoms with Gasteiger partial charge in [0.1, 0.15) is 0 Å². The van der Waals surface area contributed by atoms with Crippen LogP contribution in [-0.2, 0) is 4.74 Å². The highest BCUT2D eigenvalue weighted by Crippen LogP contribution is 2.28. The second-order valence-corrected chi connectivity index (χ2v) is 3.79. The Bertz CT molecular complexity index is 583. The zero-order chi connectivity index (χ0) is 13.1. The van der Waals surface area contributed by atoms with Crippen molar-refractivity contribution in [2.75, 3.05) is 12.3 Å². The fraction of sp³-hybridized carbons (Fsp3) is 0.182. The number of aromatic nitrogens is 2. The molecule has 2 N–H and O–H groups in total. The van der Waals surface area contributed by atoms with Crippen LogP contribution in [0, 0.1) is 0 Å². The van der Waals surface area contributed by atoms with E-state index >= 15 is 0 Å². The molecule has 7 heteroatoms. The number of benzene rings is 1. The van der Waals surface area contributed by atoms with Crippen molar-refractivity contribution >= 4 is 23.3 Å². The van der Waals surface area contributed by atoms with E-state index in [1.807, 2.05) is 0 Å². The Balaban J connectivity index is 2.35. The van der Waals surface area contributed by atoms with E-state index in [0.29, 0.717) is 16.3 Å². The number of hydrogen-bond acceptors (Lipinski definition) is 6. The summed E-state index contributed by atoms with van der Waals surface area (Å²) in [4.78, 5) is 15.3. The molecule has 2 rings (SSSR count). The number of esters is 1. The molecule has 0 bridgehead atoms. The van der Waals surface area contributed by atoms with Crippen LogP contribution in [0.15, 0.2) is 22.7 Å². The normalized spacial score (nSPS) is 10.3. The van der Waals surface area contributed by atoms with Gasteiger partial charge in [-0.15, -0.1) is 0 Å². The van der Waals surface area contributed by atoms with Crippen LogP contribution in [0.5, 0.6) is 0 Å². The van der Waals surface area contributed by atoms with Crippen molar-refractivity contribution in [2.24, 2.45) is 0 Å².